The molecule has 0 heterocycles. The van der Waals surface area contributed by atoms with Gasteiger partial charge in [-0.05, 0) is 28.8 Å². The highest BCUT2D eigenvalue weighted by molar-refractivity contribution is 5.99. The molecule has 5 heteroatoms. The van der Waals surface area contributed by atoms with E-state index < -0.39 is 0 Å². The normalized spacial score (nSPS) is 10.2. The fraction of sp³-hybridized carbons (Fsp3) is 0.130. The Morgan fingerprint density at radius 2 is 1.50 bits per heavy atom. The minimum atomic E-state index is -0.211. The van der Waals surface area contributed by atoms with Crippen molar-refractivity contribution in [1.82, 2.24) is 0 Å². The number of carbonyl (C=O) groups is 2. The molecule has 28 heavy (non-hydrogen) atoms. The largest absolute Gasteiger partial charge is 0.497 e. The Bertz CT molecular complexity index is 967. The molecule has 3 aromatic rings. The molecule has 0 saturated carbocycles. The molecule has 0 spiro atoms. The van der Waals surface area contributed by atoms with Crippen LogP contribution in [-0.4, -0.2) is 18.9 Å². The maximum absolute atomic E-state index is 12.5. The predicted octanol–water partition coefficient (Wildman–Crippen LogP) is 4.50. The number of nitrogens with one attached hydrogen (secondary N) is 2. The molecule has 0 bridgehead atoms. The minimum absolute atomic E-state index is 0.174. The highest BCUT2D eigenvalue weighted by Gasteiger charge is 2.11. The van der Waals surface area contributed by atoms with Gasteiger partial charge in [-0.2, -0.15) is 0 Å². The van der Waals surface area contributed by atoms with E-state index in [9.17, 15) is 9.59 Å². The zero-order valence-corrected chi connectivity index (χ0v) is 15.9. The maximum atomic E-state index is 12.5. The number of hydrogen-bond donors (Lipinski definition) is 2. The van der Waals surface area contributed by atoms with Crippen LogP contribution in [0.5, 0.6) is 5.75 Å². The van der Waals surface area contributed by atoms with Gasteiger partial charge in [-0.15, -0.1) is 0 Å². The van der Waals surface area contributed by atoms with Crippen LogP contribution in [0.25, 0.3) is 11.1 Å². The van der Waals surface area contributed by atoms with Gasteiger partial charge >= 0.3 is 0 Å². The Balaban J connectivity index is 1.71. The van der Waals surface area contributed by atoms with E-state index >= 15 is 0 Å². The molecule has 5 nitrogen and oxygen atoms in total. The minimum Gasteiger partial charge on any atom is -0.497 e. The molecule has 0 atom stereocenters. The third-order valence-corrected chi connectivity index (χ3v) is 4.24. The van der Waals surface area contributed by atoms with E-state index in [1.807, 2.05) is 54.6 Å². The van der Waals surface area contributed by atoms with Crippen LogP contribution in [0.2, 0.25) is 0 Å². The molecule has 0 aromatic heterocycles. The van der Waals surface area contributed by atoms with Crippen molar-refractivity contribution in [3.8, 4) is 16.9 Å². The molecule has 0 aliphatic carbocycles. The van der Waals surface area contributed by atoms with E-state index in [2.05, 4.69) is 10.6 Å². The first kappa shape index (κ1) is 19.2. The molecule has 2 N–H and O–H groups in total. The van der Waals surface area contributed by atoms with Crippen LogP contribution in [0.15, 0.2) is 72.8 Å². The number of rotatable bonds is 6. The van der Waals surface area contributed by atoms with Gasteiger partial charge in [0.1, 0.15) is 5.75 Å². The van der Waals surface area contributed by atoms with E-state index in [-0.39, 0.29) is 18.2 Å². The first-order valence-corrected chi connectivity index (χ1v) is 8.95. The van der Waals surface area contributed by atoms with E-state index in [1.54, 1.807) is 25.3 Å². The van der Waals surface area contributed by atoms with Crippen molar-refractivity contribution in [2.75, 3.05) is 17.7 Å². The molecule has 3 aromatic carbocycles. The second-order valence-electron chi connectivity index (χ2n) is 6.38. The molecule has 0 aliphatic rings. The molecule has 2 amide bonds. The van der Waals surface area contributed by atoms with E-state index in [1.165, 1.54) is 6.92 Å². The van der Waals surface area contributed by atoms with Gasteiger partial charge in [0.05, 0.1) is 24.9 Å². The molecule has 0 aliphatic heterocycles. The Kier molecular flexibility index (Phi) is 6.07. The van der Waals surface area contributed by atoms with Crippen LogP contribution in [0, 0.1) is 0 Å². The zero-order chi connectivity index (χ0) is 19.9. The van der Waals surface area contributed by atoms with Crippen molar-refractivity contribution in [3.05, 3.63) is 78.4 Å². The Morgan fingerprint density at radius 1 is 0.821 bits per heavy atom. The summed E-state index contributed by atoms with van der Waals surface area (Å²) in [6, 6.07) is 23.1. The van der Waals surface area contributed by atoms with Gasteiger partial charge in [-0.3, -0.25) is 9.59 Å². The number of benzene rings is 3. The number of hydrogen-bond acceptors (Lipinski definition) is 3. The smallest absolute Gasteiger partial charge is 0.228 e. The SMILES string of the molecule is COc1ccc(NC(C)=O)c(NC(=O)Cc2ccc(-c3ccccc3)cc2)c1. The first-order valence-electron chi connectivity index (χ1n) is 8.95. The number of carbonyl (C=O) groups excluding carboxylic acids is 2. The first-order chi connectivity index (χ1) is 13.5. The zero-order valence-electron chi connectivity index (χ0n) is 15.9. The molecule has 3 rings (SSSR count). The highest BCUT2D eigenvalue weighted by atomic mass is 16.5. The third-order valence-electron chi connectivity index (χ3n) is 4.24. The number of ether oxygens (including phenoxy) is 1. The van der Waals surface area contributed by atoms with Crippen molar-refractivity contribution < 1.29 is 14.3 Å². The van der Waals surface area contributed by atoms with Gasteiger partial charge in [0.15, 0.2) is 0 Å². The fourth-order valence-electron chi connectivity index (χ4n) is 2.88. The van der Waals surface area contributed by atoms with E-state index in [4.69, 9.17) is 4.74 Å². The second-order valence-corrected chi connectivity index (χ2v) is 6.38. The Hall–Kier alpha value is -3.60. The molecule has 0 saturated heterocycles. The quantitative estimate of drug-likeness (QED) is 0.667. The van der Waals surface area contributed by atoms with Gasteiger partial charge in [0.25, 0.3) is 0 Å². The van der Waals surface area contributed by atoms with Crippen LogP contribution in [-0.2, 0) is 16.0 Å². The highest BCUT2D eigenvalue weighted by Crippen LogP contribution is 2.27. The lowest BCUT2D eigenvalue weighted by atomic mass is 10.0. The lowest BCUT2D eigenvalue weighted by Crippen LogP contribution is -2.17. The van der Waals surface area contributed by atoms with Crippen molar-refractivity contribution in [2.45, 2.75) is 13.3 Å². The fourth-order valence-corrected chi connectivity index (χ4v) is 2.88. The summed E-state index contributed by atoms with van der Waals surface area (Å²) < 4.78 is 5.21. The summed E-state index contributed by atoms with van der Waals surface area (Å²) in [4.78, 5) is 23.9. The summed E-state index contributed by atoms with van der Waals surface area (Å²) in [6.45, 7) is 1.42. The van der Waals surface area contributed by atoms with Crippen molar-refractivity contribution in [1.29, 1.82) is 0 Å². The average molecular weight is 374 g/mol. The predicted molar refractivity (Wildman–Crippen MR) is 112 cm³/mol. The maximum Gasteiger partial charge on any atom is 0.228 e. The summed E-state index contributed by atoms with van der Waals surface area (Å²) in [5.41, 5.74) is 4.17. The lowest BCUT2D eigenvalue weighted by Gasteiger charge is -2.13. The van der Waals surface area contributed by atoms with Gasteiger partial charge in [0, 0.05) is 13.0 Å². The summed E-state index contributed by atoms with van der Waals surface area (Å²) in [5, 5.41) is 5.56. The Morgan fingerprint density at radius 3 is 2.14 bits per heavy atom. The summed E-state index contributed by atoms with van der Waals surface area (Å²) >= 11 is 0. The van der Waals surface area contributed by atoms with Crippen LogP contribution in [0.4, 0.5) is 11.4 Å². The lowest BCUT2D eigenvalue weighted by molar-refractivity contribution is -0.116. The van der Waals surface area contributed by atoms with E-state index in [0.29, 0.717) is 17.1 Å². The number of anilines is 2. The monoisotopic (exact) mass is 374 g/mol. The summed E-state index contributed by atoms with van der Waals surface area (Å²) in [5.74, 6) is 0.209. The van der Waals surface area contributed by atoms with E-state index in [0.717, 1.165) is 16.7 Å². The van der Waals surface area contributed by atoms with Crippen LogP contribution < -0.4 is 15.4 Å². The number of methoxy groups -OCH3 is 1. The van der Waals surface area contributed by atoms with Crippen LogP contribution in [0.1, 0.15) is 12.5 Å². The third kappa shape index (κ3) is 4.98. The van der Waals surface area contributed by atoms with Gasteiger partial charge in [-0.1, -0.05) is 54.6 Å². The topological polar surface area (TPSA) is 67.4 Å². The molecular weight excluding hydrogens is 352 g/mol. The molecule has 142 valence electrons. The average Bonchev–Trinajstić information content (AvgIpc) is 2.70. The van der Waals surface area contributed by atoms with Crippen molar-refractivity contribution in [3.63, 3.8) is 0 Å². The van der Waals surface area contributed by atoms with Gasteiger partial charge in [-0.25, -0.2) is 0 Å². The second kappa shape index (κ2) is 8.86. The molecular formula is C23H22N2O3. The standard InChI is InChI=1S/C23H22N2O3/c1-16(26)24-21-13-12-20(28-2)15-22(21)25-23(27)14-17-8-10-19(11-9-17)18-6-4-3-5-7-18/h3-13,15H,14H2,1-2H3,(H,24,26)(H,25,27). The van der Waals surface area contributed by atoms with Gasteiger partial charge in [0.2, 0.25) is 11.8 Å². The van der Waals surface area contributed by atoms with Crippen molar-refractivity contribution >= 4 is 23.2 Å². The Labute approximate surface area is 164 Å². The van der Waals surface area contributed by atoms with Crippen LogP contribution in [0.3, 0.4) is 0 Å². The molecule has 0 fully saturated rings. The summed E-state index contributed by atoms with van der Waals surface area (Å²) in [6.07, 6.45) is 0.228. The molecule has 0 radical (unpaired) electrons. The summed E-state index contributed by atoms with van der Waals surface area (Å²) in [7, 11) is 1.55. The van der Waals surface area contributed by atoms with Crippen molar-refractivity contribution in [2.24, 2.45) is 0 Å². The number of amides is 2. The molecule has 0 unspecified atom stereocenters. The van der Waals surface area contributed by atoms with Crippen LogP contribution >= 0.6 is 0 Å². The van der Waals surface area contributed by atoms with Gasteiger partial charge < -0.3 is 15.4 Å².